The van der Waals surface area contributed by atoms with Gasteiger partial charge in [-0.1, -0.05) is 0 Å². The molecule has 0 unspecified atom stereocenters. The molecule has 0 aliphatic heterocycles. The third kappa shape index (κ3) is 9.96. The molecule has 0 saturated carbocycles. The molecule has 0 atom stereocenters. The van der Waals surface area contributed by atoms with E-state index in [-0.39, 0.29) is 40.6 Å². The summed E-state index contributed by atoms with van der Waals surface area (Å²) in [4.78, 5) is 0. The zero-order valence-electron chi connectivity index (χ0n) is 1.41. The summed E-state index contributed by atoms with van der Waals surface area (Å²) < 4.78 is 8.06. The van der Waals surface area contributed by atoms with Crippen LogP contribution in [0.1, 0.15) is 0 Å². The molecule has 0 aromatic rings. The molecule has 0 fully saturated rings. The Labute approximate surface area is 54.2 Å². The molecular weight excluding hydrogens is 102 g/mol. The van der Waals surface area contributed by atoms with Crippen LogP contribution in [-0.4, -0.2) is 18.9 Å². The SMILES string of the molecule is O=P.[LiH].[Ti]. The maximum Gasteiger partial charge on any atom is 0 e. The molecule has 0 aliphatic rings. The fourth-order valence-electron chi connectivity index (χ4n) is 0. The van der Waals surface area contributed by atoms with Gasteiger partial charge in [0.25, 0.3) is 0 Å². The molecule has 1 nitrogen and oxygen atoms in total. The maximum atomic E-state index is 8.06. The minimum absolute atomic E-state index is 0. The average Bonchev–Trinajstić information content (AvgIpc) is 1.00. The van der Waals surface area contributed by atoms with Crippen molar-refractivity contribution in [1.82, 2.24) is 0 Å². The van der Waals surface area contributed by atoms with Crippen LogP contribution in [0.15, 0.2) is 0 Å². The normalized spacial score (nSPS) is 1.00. The van der Waals surface area contributed by atoms with Gasteiger partial charge in [0, 0.05) is 21.7 Å². The van der Waals surface area contributed by atoms with Crippen LogP contribution >= 0.6 is 9.12 Å². The first-order valence-corrected chi connectivity index (χ1v) is 0.612. The zero-order chi connectivity index (χ0) is 2.00. The summed E-state index contributed by atoms with van der Waals surface area (Å²) in [7, 11) is 1.72. The smallest absolute Gasteiger partial charge is 0 e. The van der Waals surface area contributed by atoms with Crippen molar-refractivity contribution in [3.8, 4) is 0 Å². The summed E-state index contributed by atoms with van der Waals surface area (Å²) in [6.07, 6.45) is 0. The maximum absolute atomic E-state index is 8.06. The van der Waals surface area contributed by atoms with E-state index in [4.69, 9.17) is 4.57 Å². The average molecular weight is 104 g/mol. The number of hydrogen-bond donors (Lipinski definition) is 0. The molecule has 0 aliphatic carbocycles. The molecule has 0 spiro atoms. The Hall–Kier alpha value is 1.41. The molecule has 0 saturated heterocycles. The largest absolute Gasteiger partial charge is 0 e. The van der Waals surface area contributed by atoms with E-state index >= 15 is 0 Å². The van der Waals surface area contributed by atoms with Crippen molar-refractivity contribution in [2.45, 2.75) is 0 Å². The molecule has 0 heterocycles. The zero-order valence-corrected chi connectivity index (χ0v) is 3.97. The van der Waals surface area contributed by atoms with Crippen molar-refractivity contribution in [2.75, 3.05) is 0 Å². The summed E-state index contributed by atoms with van der Waals surface area (Å²) in [6, 6.07) is 0. The molecule has 0 radical (unpaired) electrons. The first-order valence-electron chi connectivity index (χ1n) is 0.204. The Kier molecular flexibility index (Phi) is 117. The predicted octanol–water partition coefficient (Wildman–Crippen LogP) is -0.176. The second kappa shape index (κ2) is 25.8. The van der Waals surface area contributed by atoms with Crippen molar-refractivity contribution >= 4 is 28.0 Å². The summed E-state index contributed by atoms with van der Waals surface area (Å²) in [5.74, 6) is 0. The second-order valence-electron chi connectivity index (χ2n) is 0. The number of hydrogen-bond acceptors (Lipinski definition) is 1. The van der Waals surface area contributed by atoms with Gasteiger partial charge in [0.05, 0.1) is 0 Å². The molecule has 0 rings (SSSR count). The van der Waals surface area contributed by atoms with Gasteiger partial charge in [-0.3, -0.25) is 4.57 Å². The van der Waals surface area contributed by atoms with E-state index < -0.39 is 0 Å². The van der Waals surface area contributed by atoms with Crippen LogP contribution < -0.4 is 0 Å². The Morgan fingerprint density at radius 2 is 1.25 bits per heavy atom. The quantitative estimate of drug-likeness (QED) is 0.307. The minimum Gasteiger partial charge on any atom is 0 e. The van der Waals surface area contributed by atoms with E-state index in [1.165, 1.54) is 0 Å². The van der Waals surface area contributed by atoms with E-state index in [2.05, 4.69) is 0 Å². The Morgan fingerprint density at radius 3 is 1.25 bits per heavy atom. The van der Waals surface area contributed by atoms with Crippen molar-refractivity contribution in [3.63, 3.8) is 0 Å². The van der Waals surface area contributed by atoms with E-state index in [1.54, 1.807) is 9.12 Å². The van der Waals surface area contributed by atoms with Crippen molar-refractivity contribution < 1.29 is 26.3 Å². The van der Waals surface area contributed by atoms with Crippen LogP contribution in [0.2, 0.25) is 0 Å². The molecule has 4 heavy (non-hydrogen) atoms. The van der Waals surface area contributed by atoms with Gasteiger partial charge in [0.15, 0.2) is 0 Å². The first-order chi connectivity index (χ1) is 1.00. The summed E-state index contributed by atoms with van der Waals surface area (Å²) in [6.45, 7) is 0. The van der Waals surface area contributed by atoms with Gasteiger partial charge in [0.1, 0.15) is 9.12 Å². The fraction of sp³-hybridized carbons (Fsp3) is 0. The summed E-state index contributed by atoms with van der Waals surface area (Å²) >= 11 is 0. The van der Waals surface area contributed by atoms with Gasteiger partial charge >= 0.3 is 18.9 Å². The van der Waals surface area contributed by atoms with E-state index in [0.717, 1.165) is 0 Å². The summed E-state index contributed by atoms with van der Waals surface area (Å²) in [5.41, 5.74) is 0. The molecule has 0 aromatic carbocycles. The van der Waals surface area contributed by atoms with Crippen LogP contribution in [0, 0.1) is 0 Å². The minimum atomic E-state index is 0. The molecule has 0 amide bonds. The Morgan fingerprint density at radius 1 is 1.25 bits per heavy atom. The molecule has 0 aromatic heterocycles. The Bertz CT molecular complexity index is 8.00. The van der Waals surface area contributed by atoms with Crippen LogP contribution in [0.3, 0.4) is 0 Å². The van der Waals surface area contributed by atoms with Crippen LogP contribution in [-0.2, 0) is 26.3 Å². The fourth-order valence-corrected chi connectivity index (χ4v) is 0. The van der Waals surface area contributed by atoms with Crippen molar-refractivity contribution in [1.29, 1.82) is 0 Å². The van der Waals surface area contributed by atoms with Crippen LogP contribution in [0.5, 0.6) is 0 Å². The summed E-state index contributed by atoms with van der Waals surface area (Å²) in [5, 5.41) is 0. The second-order valence-corrected chi connectivity index (χ2v) is 0. The predicted molar refractivity (Wildman–Crippen MR) is 16.2 cm³/mol. The Balaban J connectivity index is -0.00000000500. The van der Waals surface area contributed by atoms with E-state index in [0.29, 0.717) is 0 Å². The van der Waals surface area contributed by atoms with E-state index in [9.17, 15) is 0 Å². The molecule has 4 heteroatoms. The van der Waals surface area contributed by atoms with Gasteiger partial charge in [-0.05, 0) is 0 Å². The van der Waals surface area contributed by atoms with Crippen LogP contribution in [0.4, 0.5) is 0 Å². The molecular formula is H2LiOPTi. The standard InChI is InChI=1S/Li.HOP.Ti.H/c;1-2;;/h;2H;;. The first kappa shape index (κ1) is 18.1. The monoisotopic (exact) mass is 104 g/mol. The van der Waals surface area contributed by atoms with E-state index in [1.807, 2.05) is 0 Å². The van der Waals surface area contributed by atoms with Gasteiger partial charge in [-0.15, -0.1) is 0 Å². The number of rotatable bonds is 0. The van der Waals surface area contributed by atoms with Gasteiger partial charge in [-0.2, -0.15) is 0 Å². The van der Waals surface area contributed by atoms with Crippen LogP contribution in [0.25, 0.3) is 0 Å². The van der Waals surface area contributed by atoms with Crippen molar-refractivity contribution in [3.05, 3.63) is 0 Å². The molecule has 18 valence electrons. The van der Waals surface area contributed by atoms with Gasteiger partial charge < -0.3 is 0 Å². The third-order valence-electron chi connectivity index (χ3n) is 0. The topological polar surface area (TPSA) is 17.1 Å². The third-order valence-corrected chi connectivity index (χ3v) is 0. The van der Waals surface area contributed by atoms with Gasteiger partial charge in [0.2, 0.25) is 0 Å². The van der Waals surface area contributed by atoms with Crippen molar-refractivity contribution in [2.24, 2.45) is 0 Å². The molecule has 0 bridgehead atoms. The molecule has 0 N–H and O–H groups in total. The van der Waals surface area contributed by atoms with Gasteiger partial charge in [-0.25, -0.2) is 0 Å².